The summed E-state index contributed by atoms with van der Waals surface area (Å²) in [5.74, 6) is -0.138. The molecule has 5 heteroatoms. The average molecular weight is 323 g/mol. The summed E-state index contributed by atoms with van der Waals surface area (Å²) in [4.78, 5) is 19.6. The molecular weight excluding hydrogens is 302 g/mol. The zero-order valence-electron chi connectivity index (χ0n) is 13.9. The van der Waals surface area contributed by atoms with Crippen LogP contribution in [0, 0.1) is 0 Å². The Labute approximate surface area is 141 Å². The van der Waals surface area contributed by atoms with E-state index >= 15 is 0 Å². The van der Waals surface area contributed by atoms with Gasteiger partial charge in [0.2, 0.25) is 6.10 Å². The SMILES string of the molecule is CN(C)c1ccc(CNC(=O)C2CC(c3ccccc3)=NO2)cc1. The van der Waals surface area contributed by atoms with Gasteiger partial charge in [-0.25, -0.2) is 0 Å². The van der Waals surface area contributed by atoms with E-state index in [4.69, 9.17) is 4.84 Å². The van der Waals surface area contributed by atoms with Crippen molar-refractivity contribution in [2.75, 3.05) is 19.0 Å². The number of nitrogens with zero attached hydrogens (tertiary/aromatic N) is 2. The minimum Gasteiger partial charge on any atom is -0.382 e. The van der Waals surface area contributed by atoms with E-state index in [1.165, 1.54) is 0 Å². The number of rotatable bonds is 5. The van der Waals surface area contributed by atoms with E-state index in [1.807, 2.05) is 73.6 Å². The maximum absolute atomic E-state index is 12.3. The van der Waals surface area contributed by atoms with Gasteiger partial charge in [0.05, 0.1) is 5.71 Å². The van der Waals surface area contributed by atoms with E-state index in [9.17, 15) is 4.79 Å². The molecular formula is C19H21N3O2. The molecule has 1 aliphatic heterocycles. The van der Waals surface area contributed by atoms with Gasteiger partial charge in [0, 0.05) is 32.7 Å². The van der Waals surface area contributed by atoms with Crippen molar-refractivity contribution in [3.63, 3.8) is 0 Å². The molecule has 5 nitrogen and oxygen atoms in total. The van der Waals surface area contributed by atoms with Crippen molar-refractivity contribution >= 4 is 17.3 Å². The zero-order valence-corrected chi connectivity index (χ0v) is 13.9. The maximum Gasteiger partial charge on any atom is 0.264 e. The van der Waals surface area contributed by atoms with Gasteiger partial charge in [0.25, 0.3) is 5.91 Å². The molecule has 0 fully saturated rings. The van der Waals surface area contributed by atoms with Crippen molar-refractivity contribution in [2.45, 2.75) is 19.1 Å². The number of benzene rings is 2. The second kappa shape index (κ2) is 7.17. The Kier molecular flexibility index (Phi) is 4.79. The minimum atomic E-state index is -0.554. The third kappa shape index (κ3) is 3.74. The largest absolute Gasteiger partial charge is 0.382 e. The molecule has 0 bridgehead atoms. The quantitative estimate of drug-likeness (QED) is 0.920. The number of carbonyl (C=O) groups excluding carboxylic acids is 1. The molecule has 1 atom stereocenters. The second-order valence-electron chi connectivity index (χ2n) is 5.98. The highest BCUT2D eigenvalue weighted by Gasteiger charge is 2.28. The molecule has 1 amide bonds. The van der Waals surface area contributed by atoms with Gasteiger partial charge < -0.3 is 15.1 Å². The summed E-state index contributed by atoms with van der Waals surface area (Å²) in [7, 11) is 4.00. The first-order chi connectivity index (χ1) is 11.6. The molecule has 24 heavy (non-hydrogen) atoms. The molecule has 1 N–H and O–H groups in total. The summed E-state index contributed by atoms with van der Waals surface area (Å²) < 4.78 is 0. The smallest absolute Gasteiger partial charge is 0.264 e. The van der Waals surface area contributed by atoms with Gasteiger partial charge in [-0.3, -0.25) is 4.79 Å². The van der Waals surface area contributed by atoms with Crippen LogP contribution in [0.1, 0.15) is 17.5 Å². The first-order valence-electron chi connectivity index (χ1n) is 7.95. The van der Waals surface area contributed by atoms with Crippen LogP contribution in [0.15, 0.2) is 59.8 Å². The van der Waals surface area contributed by atoms with Crippen molar-refractivity contribution in [3.05, 3.63) is 65.7 Å². The summed E-state index contributed by atoms with van der Waals surface area (Å²) in [6.07, 6.45) is -0.0589. The molecule has 2 aromatic rings. The Morgan fingerprint density at radius 1 is 1.17 bits per heavy atom. The maximum atomic E-state index is 12.3. The zero-order chi connectivity index (χ0) is 16.9. The van der Waals surface area contributed by atoms with Gasteiger partial charge in [0.15, 0.2) is 0 Å². The topological polar surface area (TPSA) is 53.9 Å². The lowest BCUT2D eigenvalue weighted by atomic mass is 10.0. The monoisotopic (exact) mass is 323 g/mol. The van der Waals surface area contributed by atoms with Crippen molar-refractivity contribution in [1.82, 2.24) is 5.32 Å². The molecule has 1 heterocycles. The standard InChI is InChI=1S/C19H21N3O2/c1-22(2)16-10-8-14(9-11-16)13-20-19(23)18-12-17(21-24-18)15-6-4-3-5-7-15/h3-11,18H,12-13H2,1-2H3,(H,20,23). The summed E-state index contributed by atoms with van der Waals surface area (Å²) in [6.45, 7) is 0.479. The van der Waals surface area contributed by atoms with E-state index < -0.39 is 6.10 Å². The molecule has 0 saturated carbocycles. The Bertz CT molecular complexity index is 724. The van der Waals surface area contributed by atoms with Crippen LogP contribution in [0.25, 0.3) is 0 Å². The summed E-state index contributed by atoms with van der Waals surface area (Å²) in [6, 6.07) is 17.9. The highest BCUT2D eigenvalue weighted by atomic mass is 16.6. The van der Waals surface area contributed by atoms with E-state index in [0.717, 1.165) is 22.5 Å². The second-order valence-corrected chi connectivity index (χ2v) is 5.98. The van der Waals surface area contributed by atoms with Gasteiger partial charge in [-0.2, -0.15) is 0 Å². The van der Waals surface area contributed by atoms with Crippen LogP contribution in [0.4, 0.5) is 5.69 Å². The van der Waals surface area contributed by atoms with Crippen molar-refractivity contribution in [2.24, 2.45) is 5.16 Å². The number of hydrogen-bond donors (Lipinski definition) is 1. The molecule has 1 unspecified atom stereocenters. The van der Waals surface area contributed by atoms with E-state index in [1.54, 1.807) is 0 Å². The Morgan fingerprint density at radius 2 is 1.88 bits per heavy atom. The molecule has 0 spiro atoms. The minimum absolute atomic E-state index is 0.138. The lowest BCUT2D eigenvalue weighted by Crippen LogP contribution is -2.34. The highest BCUT2D eigenvalue weighted by molar-refractivity contribution is 6.04. The number of nitrogens with one attached hydrogen (secondary N) is 1. The summed E-state index contributed by atoms with van der Waals surface area (Å²) >= 11 is 0. The third-order valence-electron chi connectivity index (χ3n) is 3.99. The first-order valence-corrected chi connectivity index (χ1v) is 7.95. The average Bonchev–Trinajstić information content (AvgIpc) is 3.11. The van der Waals surface area contributed by atoms with Gasteiger partial charge in [-0.1, -0.05) is 47.6 Å². The van der Waals surface area contributed by atoms with Crippen molar-refractivity contribution < 1.29 is 9.63 Å². The fraction of sp³-hybridized carbons (Fsp3) is 0.263. The molecule has 0 saturated heterocycles. The van der Waals surface area contributed by atoms with Gasteiger partial charge >= 0.3 is 0 Å². The van der Waals surface area contributed by atoms with Crippen LogP contribution in [0.5, 0.6) is 0 Å². The van der Waals surface area contributed by atoms with Crippen LogP contribution >= 0.6 is 0 Å². The molecule has 2 aromatic carbocycles. The van der Waals surface area contributed by atoms with E-state index in [0.29, 0.717) is 13.0 Å². The number of amides is 1. The fourth-order valence-corrected chi connectivity index (χ4v) is 2.53. The van der Waals surface area contributed by atoms with E-state index in [2.05, 4.69) is 10.5 Å². The van der Waals surface area contributed by atoms with E-state index in [-0.39, 0.29) is 5.91 Å². The van der Waals surface area contributed by atoms with Crippen LogP contribution in [0.3, 0.4) is 0 Å². The molecule has 3 rings (SSSR count). The molecule has 0 aromatic heterocycles. The number of oxime groups is 1. The number of anilines is 1. The van der Waals surface area contributed by atoms with Crippen molar-refractivity contribution in [1.29, 1.82) is 0 Å². The van der Waals surface area contributed by atoms with Crippen LogP contribution < -0.4 is 10.2 Å². The Hall–Kier alpha value is -2.82. The third-order valence-corrected chi connectivity index (χ3v) is 3.99. The highest BCUT2D eigenvalue weighted by Crippen LogP contribution is 2.17. The lowest BCUT2D eigenvalue weighted by Gasteiger charge is -2.13. The molecule has 124 valence electrons. The fourth-order valence-electron chi connectivity index (χ4n) is 2.53. The summed E-state index contributed by atoms with van der Waals surface area (Å²) in [5.41, 5.74) is 3.99. The Morgan fingerprint density at radius 3 is 2.54 bits per heavy atom. The predicted molar refractivity (Wildman–Crippen MR) is 95.1 cm³/mol. The number of hydrogen-bond acceptors (Lipinski definition) is 4. The van der Waals surface area contributed by atoms with Gasteiger partial charge in [-0.05, 0) is 23.3 Å². The van der Waals surface area contributed by atoms with Crippen LogP contribution in [-0.4, -0.2) is 31.8 Å². The Balaban J connectivity index is 1.51. The first kappa shape index (κ1) is 16.1. The molecule has 0 radical (unpaired) electrons. The summed E-state index contributed by atoms with van der Waals surface area (Å²) in [5, 5.41) is 6.96. The molecule has 1 aliphatic rings. The van der Waals surface area contributed by atoms with Gasteiger partial charge in [0.1, 0.15) is 0 Å². The normalized spacial score (nSPS) is 16.2. The van der Waals surface area contributed by atoms with Crippen molar-refractivity contribution in [3.8, 4) is 0 Å². The van der Waals surface area contributed by atoms with Crippen LogP contribution in [0.2, 0.25) is 0 Å². The molecule has 0 aliphatic carbocycles. The van der Waals surface area contributed by atoms with Crippen LogP contribution in [-0.2, 0) is 16.2 Å². The number of carbonyl (C=O) groups is 1. The lowest BCUT2D eigenvalue weighted by molar-refractivity contribution is -0.131. The predicted octanol–water partition coefficient (Wildman–Crippen LogP) is 2.56. The van der Waals surface area contributed by atoms with Gasteiger partial charge in [-0.15, -0.1) is 0 Å².